The molecule has 1 aromatic heterocycles. The zero-order valence-electron chi connectivity index (χ0n) is 13.2. The van der Waals surface area contributed by atoms with Crippen molar-refractivity contribution in [3.8, 4) is 5.75 Å². The van der Waals surface area contributed by atoms with Gasteiger partial charge in [-0.05, 0) is 41.8 Å². The Morgan fingerprint density at radius 3 is 2.58 bits per heavy atom. The molecule has 0 unspecified atom stereocenters. The molecule has 2 rings (SSSR count). The quantitative estimate of drug-likeness (QED) is 0.601. The van der Waals surface area contributed by atoms with E-state index in [0.717, 1.165) is 4.88 Å². The van der Waals surface area contributed by atoms with Gasteiger partial charge in [0.25, 0.3) is 11.8 Å². The molecule has 0 bridgehead atoms. The van der Waals surface area contributed by atoms with Gasteiger partial charge in [-0.25, -0.2) is 0 Å². The molecule has 0 aliphatic heterocycles. The molecule has 5 nitrogen and oxygen atoms in total. The van der Waals surface area contributed by atoms with Crippen LogP contribution >= 0.6 is 11.3 Å². The number of carbonyl (C=O) groups is 2. The van der Waals surface area contributed by atoms with Gasteiger partial charge >= 0.3 is 0 Å². The van der Waals surface area contributed by atoms with Gasteiger partial charge in [-0.15, -0.1) is 17.9 Å². The predicted octanol–water partition coefficient (Wildman–Crippen LogP) is 2.83. The molecule has 0 saturated heterocycles. The van der Waals surface area contributed by atoms with E-state index in [0.29, 0.717) is 17.9 Å². The van der Waals surface area contributed by atoms with Crippen LogP contribution in [0.3, 0.4) is 0 Å². The number of hydrogen-bond acceptors (Lipinski definition) is 4. The third-order valence-electron chi connectivity index (χ3n) is 3.08. The van der Waals surface area contributed by atoms with Crippen molar-refractivity contribution >= 4 is 29.2 Å². The lowest BCUT2D eigenvalue weighted by molar-refractivity contribution is -0.117. The van der Waals surface area contributed by atoms with Gasteiger partial charge in [-0.3, -0.25) is 9.59 Å². The Balaban J connectivity index is 2.18. The van der Waals surface area contributed by atoms with Crippen LogP contribution < -0.4 is 15.4 Å². The van der Waals surface area contributed by atoms with Crippen molar-refractivity contribution in [1.82, 2.24) is 10.6 Å². The highest BCUT2D eigenvalue weighted by molar-refractivity contribution is 7.10. The highest BCUT2D eigenvalue weighted by Gasteiger charge is 2.14. The molecule has 6 heteroatoms. The maximum absolute atomic E-state index is 12.4. The minimum Gasteiger partial charge on any atom is -0.497 e. The van der Waals surface area contributed by atoms with Crippen molar-refractivity contribution in [3.05, 3.63) is 70.6 Å². The molecule has 0 aliphatic rings. The first-order valence-corrected chi connectivity index (χ1v) is 8.11. The molecule has 0 saturated carbocycles. The van der Waals surface area contributed by atoms with Crippen LogP contribution in [0.4, 0.5) is 0 Å². The molecule has 2 amide bonds. The van der Waals surface area contributed by atoms with Crippen LogP contribution in [0.25, 0.3) is 6.08 Å². The number of nitrogens with one attached hydrogen (secondary N) is 2. The van der Waals surface area contributed by atoms with E-state index in [2.05, 4.69) is 17.2 Å². The average Bonchev–Trinajstić information content (AvgIpc) is 3.12. The fourth-order valence-electron chi connectivity index (χ4n) is 1.87. The number of ether oxygens (including phenoxy) is 1. The minimum absolute atomic E-state index is 0.181. The maximum atomic E-state index is 12.4. The van der Waals surface area contributed by atoms with Gasteiger partial charge < -0.3 is 15.4 Å². The lowest BCUT2D eigenvalue weighted by Crippen LogP contribution is -2.34. The summed E-state index contributed by atoms with van der Waals surface area (Å²) in [7, 11) is 1.56. The number of rotatable bonds is 7. The number of hydrogen-bond donors (Lipinski definition) is 2. The molecule has 124 valence electrons. The Labute approximate surface area is 144 Å². The average molecular weight is 342 g/mol. The second-order valence-corrected chi connectivity index (χ2v) is 5.73. The molecule has 1 aromatic carbocycles. The standard InChI is InChI=1S/C18H18N2O3S/c1-3-10-19-18(22)16(12-15-5-4-11-24-15)20-17(21)13-6-8-14(23-2)9-7-13/h3-9,11-12H,1,10H2,2H3,(H,19,22)(H,20,21)/b16-12-. The summed E-state index contributed by atoms with van der Waals surface area (Å²) in [6.07, 6.45) is 3.22. The normalized spacial score (nSPS) is 10.8. The Bertz CT molecular complexity index is 734. The van der Waals surface area contributed by atoms with Gasteiger partial charge in [0.05, 0.1) is 7.11 Å². The Morgan fingerprint density at radius 2 is 2.00 bits per heavy atom. The first-order chi connectivity index (χ1) is 11.6. The molecule has 0 aliphatic carbocycles. The zero-order chi connectivity index (χ0) is 17.4. The Morgan fingerprint density at radius 1 is 1.25 bits per heavy atom. The fraction of sp³-hybridized carbons (Fsp3) is 0.111. The summed E-state index contributed by atoms with van der Waals surface area (Å²) < 4.78 is 5.07. The third-order valence-corrected chi connectivity index (χ3v) is 3.90. The summed E-state index contributed by atoms with van der Waals surface area (Å²) in [4.78, 5) is 25.5. The Hall–Kier alpha value is -2.86. The molecule has 24 heavy (non-hydrogen) atoms. The van der Waals surface area contributed by atoms with E-state index in [-0.39, 0.29) is 17.5 Å². The smallest absolute Gasteiger partial charge is 0.268 e. The van der Waals surface area contributed by atoms with E-state index in [4.69, 9.17) is 4.74 Å². The van der Waals surface area contributed by atoms with Gasteiger partial charge in [0, 0.05) is 17.0 Å². The first-order valence-electron chi connectivity index (χ1n) is 7.23. The van der Waals surface area contributed by atoms with Gasteiger partial charge in [-0.1, -0.05) is 12.1 Å². The van der Waals surface area contributed by atoms with Crippen LogP contribution in [0.1, 0.15) is 15.2 Å². The zero-order valence-corrected chi connectivity index (χ0v) is 14.1. The molecule has 0 atom stereocenters. The van der Waals surface area contributed by atoms with Crippen molar-refractivity contribution in [1.29, 1.82) is 0 Å². The van der Waals surface area contributed by atoms with Crippen LogP contribution in [0.5, 0.6) is 5.75 Å². The van der Waals surface area contributed by atoms with Crippen LogP contribution in [0.2, 0.25) is 0 Å². The number of thiophene rings is 1. The van der Waals surface area contributed by atoms with Crippen molar-refractivity contribution in [2.75, 3.05) is 13.7 Å². The van der Waals surface area contributed by atoms with Gasteiger partial charge in [0.15, 0.2) is 0 Å². The molecular weight excluding hydrogens is 324 g/mol. The Kier molecular flexibility index (Phi) is 6.33. The van der Waals surface area contributed by atoms with E-state index in [1.807, 2.05) is 17.5 Å². The summed E-state index contributed by atoms with van der Waals surface area (Å²) in [6, 6.07) is 10.4. The van der Waals surface area contributed by atoms with Crippen LogP contribution in [-0.4, -0.2) is 25.5 Å². The van der Waals surface area contributed by atoms with Gasteiger partial charge in [0.2, 0.25) is 0 Å². The highest BCUT2D eigenvalue weighted by atomic mass is 32.1. The molecular formula is C18H18N2O3S. The predicted molar refractivity (Wildman–Crippen MR) is 96.0 cm³/mol. The van der Waals surface area contributed by atoms with Gasteiger partial charge in [-0.2, -0.15) is 0 Å². The van der Waals surface area contributed by atoms with Crippen molar-refractivity contribution in [2.45, 2.75) is 0 Å². The molecule has 0 radical (unpaired) electrons. The fourth-order valence-corrected chi connectivity index (χ4v) is 2.53. The topological polar surface area (TPSA) is 67.4 Å². The lowest BCUT2D eigenvalue weighted by atomic mass is 10.2. The summed E-state index contributed by atoms with van der Waals surface area (Å²) in [5.74, 6) is -0.0796. The largest absolute Gasteiger partial charge is 0.497 e. The minimum atomic E-state index is -0.370. The number of benzene rings is 1. The monoisotopic (exact) mass is 342 g/mol. The third kappa shape index (κ3) is 4.82. The number of amides is 2. The summed E-state index contributed by atoms with van der Waals surface area (Å²) in [6.45, 7) is 3.88. The van der Waals surface area contributed by atoms with Crippen molar-refractivity contribution < 1.29 is 14.3 Å². The molecule has 2 aromatic rings. The van der Waals surface area contributed by atoms with Crippen LogP contribution in [-0.2, 0) is 4.79 Å². The second kappa shape index (κ2) is 8.69. The molecule has 2 N–H and O–H groups in total. The molecule has 0 fully saturated rings. The number of carbonyl (C=O) groups excluding carboxylic acids is 2. The van der Waals surface area contributed by atoms with Crippen molar-refractivity contribution in [2.24, 2.45) is 0 Å². The summed E-state index contributed by atoms with van der Waals surface area (Å²) >= 11 is 1.48. The van der Waals surface area contributed by atoms with Crippen molar-refractivity contribution in [3.63, 3.8) is 0 Å². The van der Waals surface area contributed by atoms with Crippen LogP contribution in [0.15, 0.2) is 60.1 Å². The van der Waals surface area contributed by atoms with E-state index in [1.165, 1.54) is 11.3 Å². The molecule has 0 spiro atoms. The second-order valence-electron chi connectivity index (χ2n) is 4.75. The number of methoxy groups -OCH3 is 1. The van der Waals surface area contributed by atoms with E-state index in [1.54, 1.807) is 43.5 Å². The van der Waals surface area contributed by atoms with Crippen LogP contribution in [0, 0.1) is 0 Å². The maximum Gasteiger partial charge on any atom is 0.268 e. The summed E-state index contributed by atoms with van der Waals surface area (Å²) in [5.41, 5.74) is 0.615. The van der Waals surface area contributed by atoms with E-state index >= 15 is 0 Å². The first kappa shape index (κ1) is 17.5. The lowest BCUT2D eigenvalue weighted by Gasteiger charge is -2.10. The van der Waals surface area contributed by atoms with Gasteiger partial charge in [0.1, 0.15) is 11.4 Å². The van der Waals surface area contributed by atoms with E-state index in [9.17, 15) is 9.59 Å². The molecule has 1 heterocycles. The SMILES string of the molecule is C=CCNC(=O)/C(=C/c1cccs1)NC(=O)c1ccc(OC)cc1. The summed E-state index contributed by atoms with van der Waals surface area (Å²) in [5, 5.41) is 7.22. The highest BCUT2D eigenvalue weighted by Crippen LogP contribution is 2.14. The van der Waals surface area contributed by atoms with E-state index < -0.39 is 0 Å².